The summed E-state index contributed by atoms with van der Waals surface area (Å²) in [5, 5.41) is 9.37. The molecule has 0 aliphatic heterocycles. The molecule has 0 radical (unpaired) electrons. The van der Waals surface area contributed by atoms with Gasteiger partial charge >= 0.3 is 5.97 Å². The summed E-state index contributed by atoms with van der Waals surface area (Å²) in [4.78, 5) is 11.4. The van der Waals surface area contributed by atoms with Crippen LogP contribution in [-0.2, 0) is 11.2 Å². The average Bonchev–Trinajstić information content (AvgIpc) is 2.55. The van der Waals surface area contributed by atoms with Crippen LogP contribution < -0.4 is 14.2 Å². The van der Waals surface area contributed by atoms with Crippen LogP contribution in [0.5, 0.6) is 17.2 Å². The van der Waals surface area contributed by atoms with Gasteiger partial charge in [-0.15, -0.1) is 0 Å². The largest absolute Gasteiger partial charge is 0.497 e. The smallest absolute Gasteiger partial charge is 0.345 e. The Morgan fingerprint density at radius 2 is 1.77 bits per heavy atom. The molecule has 2 aromatic rings. The fraction of sp³-hybridized carbons (Fsp3) is 0.235. The van der Waals surface area contributed by atoms with Crippen molar-refractivity contribution in [3.8, 4) is 17.2 Å². The third-order valence-electron chi connectivity index (χ3n) is 3.20. The standard InChI is InChI=1S/C17H18O5/c1-20-14-9-8-12(15(11-14)21-2)10-16(17(18)19)22-13-6-4-3-5-7-13/h3-9,11,16H,10H2,1-2H3,(H,18,19)/t16-/m0/s1. The topological polar surface area (TPSA) is 65.0 Å². The highest BCUT2D eigenvalue weighted by molar-refractivity contribution is 5.73. The highest BCUT2D eigenvalue weighted by Crippen LogP contribution is 2.26. The molecule has 0 aliphatic carbocycles. The minimum Gasteiger partial charge on any atom is -0.497 e. The number of hydrogen-bond acceptors (Lipinski definition) is 4. The highest BCUT2D eigenvalue weighted by Gasteiger charge is 2.22. The Bertz CT molecular complexity index is 624. The van der Waals surface area contributed by atoms with E-state index < -0.39 is 12.1 Å². The van der Waals surface area contributed by atoms with Crippen LogP contribution in [-0.4, -0.2) is 31.4 Å². The molecule has 0 aromatic heterocycles. The maximum atomic E-state index is 11.4. The van der Waals surface area contributed by atoms with Crippen molar-refractivity contribution in [1.82, 2.24) is 0 Å². The molecule has 2 aromatic carbocycles. The van der Waals surface area contributed by atoms with E-state index in [-0.39, 0.29) is 6.42 Å². The maximum absolute atomic E-state index is 11.4. The molecule has 5 nitrogen and oxygen atoms in total. The number of carboxylic acids is 1. The van der Waals surface area contributed by atoms with Gasteiger partial charge in [-0.1, -0.05) is 24.3 Å². The van der Waals surface area contributed by atoms with Crippen LogP contribution in [0.2, 0.25) is 0 Å². The summed E-state index contributed by atoms with van der Waals surface area (Å²) in [6.07, 6.45) is -0.804. The summed E-state index contributed by atoms with van der Waals surface area (Å²) in [7, 11) is 3.10. The first-order valence-corrected chi connectivity index (χ1v) is 6.79. The lowest BCUT2D eigenvalue weighted by atomic mass is 10.1. The first-order valence-electron chi connectivity index (χ1n) is 6.79. The molecule has 0 unspecified atom stereocenters. The number of para-hydroxylation sites is 1. The normalized spacial score (nSPS) is 11.5. The minimum atomic E-state index is -1.03. The lowest BCUT2D eigenvalue weighted by Gasteiger charge is -2.17. The van der Waals surface area contributed by atoms with Gasteiger partial charge in [-0.2, -0.15) is 0 Å². The number of aliphatic carboxylic acids is 1. The summed E-state index contributed by atoms with van der Waals surface area (Å²) >= 11 is 0. The van der Waals surface area contributed by atoms with Gasteiger partial charge in [-0.25, -0.2) is 4.79 Å². The Balaban J connectivity index is 2.19. The second-order valence-corrected chi connectivity index (χ2v) is 4.64. The number of carboxylic acid groups (broad SMARTS) is 1. The van der Waals surface area contributed by atoms with E-state index in [2.05, 4.69) is 0 Å². The van der Waals surface area contributed by atoms with E-state index in [0.29, 0.717) is 17.2 Å². The van der Waals surface area contributed by atoms with Crippen molar-refractivity contribution in [2.75, 3.05) is 14.2 Å². The van der Waals surface area contributed by atoms with Crippen LogP contribution in [0, 0.1) is 0 Å². The summed E-state index contributed by atoms with van der Waals surface area (Å²) in [5.41, 5.74) is 0.742. The van der Waals surface area contributed by atoms with E-state index in [9.17, 15) is 9.90 Å². The van der Waals surface area contributed by atoms with Gasteiger partial charge in [0, 0.05) is 12.5 Å². The van der Waals surface area contributed by atoms with Crippen molar-refractivity contribution >= 4 is 5.97 Å². The summed E-state index contributed by atoms with van der Waals surface area (Å²) in [5.74, 6) is 0.711. The first kappa shape index (κ1) is 15.7. The number of hydrogen-bond donors (Lipinski definition) is 1. The van der Waals surface area contributed by atoms with Crippen molar-refractivity contribution in [1.29, 1.82) is 0 Å². The zero-order valence-corrected chi connectivity index (χ0v) is 12.5. The number of carbonyl (C=O) groups is 1. The van der Waals surface area contributed by atoms with Crippen LogP contribution in [0.4, 0.5) is 0 Å². The molecule has 2 rings (SSSR count). The Labute approximate surface area is 129 Å². The van der Waals surface area contributed by atoms with Crippen LogP contribution in [0.3, 0.4) is 0 Å². The molecule has 0 bridgehead atoms. The molecule has 5 heteroatoms. The Morgan fingerprint density at radius 3 is 2.36 bits per heavy atom. The summed E-state index contributed by atoms with van der Waals surface area (Å²) < 4.78 is 16.0. The van der Waals surface area contributed by atoms with Crippen molar-refractivity contribution < 1.29 is 24.1 Å². The average molecular weight is 302 g/mol. The molecular formula is C17H18O5. The molecule has 116 valence electrons. The predicted octanol–water partition coefficient (Wildman–Crippen LogP) is 2.78. The van der Waals surface area contributed by atoms with E-state index >= 15 is 0 Å². The summed E-state index contributed by atoms with van der Waals surface area (Å²) in [6, 6.07) is 14.1. The third kappa shape index (κ3) is 3.91. The Morgan fingerprint density at radius 1 is 1.05 bits per heavy atom. The number of rotatable bonds is 7. The van der Waals surface area contributed by atoms with Crippen molar-refractivity contribution in [3.05, 3.63) is 54.1 Å². The van der Waals surface area contributed by atoms with Gasteiger partial charge in [0.25, 0.3) is 0 Å². The van der Waals surface area contributed by atoms with Crippen LogP contribution in [0.25, 0.3) is 0 Å². The molecule has 0 fully saturated rings. The van der Waals surface area contributed by atoms with Crippen LogP contribution >= 0.6 is 0 Å². The quantitative estimate of drug-likeness (QED) is 0.852. The number of methoxy groups -OCH3 is 2. The highest BCUT2D eigenvalue weighted by atomic mass is 16.5. The lowest BCUT2D eigenvalue weighted by Crippen LogP contribution is -2.29. The van der Waals surface area contributed by atoms with Gasteiger partial charge in [-0.3, -0.25) is 0 Å². The molecule has 22 heavy (non-hydrogen) atoms. The van der Waals surface area contributed by atoms with E-state index in [0.717, 1.165) is 5.56 Å². The molecule has 1 atom stereocenters. The van der Waals surface area contributed by atoms with Crippen molar-refractivity contribution in [3.63, 3.8) is 0 Å². The molecule has 0 aliphatic rings. The van der Waals surface area contributed by atoms with Crippen LogP contribution in [0.15, 0.2) is 48.5 Å². The van der Waals surface area contributed by atoms with Crippen LogP contribution in [0.1, 0.15) is 5.56 Å². The molecule has 0 heterocycles. The lowest BCUT2D eigenvalue weighted by molar-refractivity contribution is -0.145. The van der Waals surface area contributed by atoms with Gasteiger partial charge < -0.3 is 19.3 Å². The van der Waals surface area contributed by atoms with E-state index in [1.54, 1.807) is 49.6 Å². The maximum Gasteiger partial charge on any atom is 0.345 e. The minimum absolute atomic E-state index is 0.192. The summed E-state index contributed by atoms with van der Waals surface area (Å²) in [6.45, 7) is 0. The van der Waals surface area contributed by atoms with Gasteiger partial charge in [0.15, 0.2) is 6.10 Å². The second kappa shape index (κ2) is 7.36. The SMILES string of the molecule is COc1ccc(C[C@H](Oc2ccccc2)C(=O)O)c(OC)c1. The van der Waals surface area contributed by atoms with E-state index in [1.165, 1.54) is 7.11 Å². The van der Waals surface area contributed by atoms with Crippen molar-refractivity contribution in [2.24, 2.45) is 0 Å². The fourth-order valence-electron chi connectivity index (χ4n) is 2.06. The van der Waals surface area contributed by atoms with Gasteiger partial charge in [0.05, 0.1) is 14.2 Å². The number of benzene rings is 2. The van der Waals surface area contributed by atoms with E-state index in [1.807, 2.05) is 6.07 Å². The Kier molecular flexibility index (Phi) is 5.25. The zero-order chi connectivity index (χ0) is 15.9. The van der Waals surface area contributed by atoms with E-state index in [4.69, 9.17) is 14.2 Å². The van der Waals surface area contributed by atoms with Gasteiger partial charge in [-0.05, 0) is 23.8 Å². The Hall–Kier alpha value is -2.69. The third-order valence-corrected chi connectivity index (χ3v) is 3.20. The second-order valence-electron chi connectivity index (χ2n) is 4.64. The zero-order valence-electron chi connectivity index (χ0n) is 12.5. The molecule has 0 spiro atoms. The molecule has 1 N–H and O–H groups in total. The fourth-order valence-corrected chi connectivity index (χ4v) is 2.06. The first-order chi connectivity index (χ1) is 10.6. The molecular weight excluding hydrogens is 284 g/mol. The van der Waals surface area contributed by atoms with Crippen molar-refractivity contribution in [2.45, 2.75) is 12.5 Å². The molecule has 0 amide bonds. The number of ether oxygens (including phenoxy) is 3. The monoisotopic (exact) mass is 302 g/mol. The predicted molar refractivity (Wildman–Crippen MR) is 81.7 cm³/mol. The molecule has 0 saturated carbocycles. The van der Waals surface area contributed by atoms with Gasteiger partial charge in [0.2, 0.25) is 0 Å². The molecule has 0 saturated heterocycles. The van der Waals surface area contributed by atoms with Gasteiger partial charge in [0.1, 0.15) is 17.2 Å².